The van der Waals surface area contributed by atoms with Gasteiger partial charge in [0.2, 0.25) is 0 Å². The fraction of sp³-hybridized carbons (Fsp3) is 0.440. The van der Waals surface area contributed by atoms with Gasteiger partial charge in [0, 0.05) is 38.8 Å². The third kappa shape index (κ3) is 9.16. The van der Waals surface area contributed by atoms with Gasteiger partial charge in [-0.25, -0.2) is 0 Å². The zero-order valence-corrected chi connectivity index (χ0v) is 22.1. The third-order valence-corrected chi connectivity index (χ3v) is 5.49. The smallest absolute Gasteiger partial charge is 0.251 e. The third-order valence-electron chi connectivity index (χ3n) is 5.49. The molecule has 0 saturated heterocycles. The molecule has 7 heteroatoms. The Morgan fingerprint density at radius 1 is 1.00 bits per heavy atom. The van der Waals surface area contributed by atoms with Gasteiger partial charge in [0.1, 0.15) is 0 Å². The van der Waals surface area contributed by atoms with Crippen molar-refractivity contribution in [2.45, 2.75) is 32.7 Å². The van der Waals surface area contributed by atoms with Crippen molar-refractivity contribution in [1.29, 1.82) is 0 Å². The Balaban J connectivity index is 0.00000512. The maximum Gasteiger partial charge on any atom is 0.251 e. The van der Waals surface area contributed by atoms with E-state index in [4.69, 9.17) is 0 Å². The normalized spacial score (nSPS) is 12.1. The number of rotatable bonds is 11. The van der Waals surface area contributed by atoms with Crippen LogP contribution in [0.4, 0.5) is 0 Å². The summed E-state index contributed by atoms with van der Waals surface area (Å²) in [5, 5.41) is 9.56. The highest BCUT2D eigenvalue weighted by molar-refractivity contribution is 14.0. The summed E-state index contributed by atoms with van der Waals surface area (Å²) in [5.41, 5.74) is 3.15. The zero-order chi connectivity index (χ0) is 22.5. The summed E-state index contributed by atoms with van der Waals surface area (Å²) in [6.45, 7) is 8.02. The highest BCUT2D eigenvalue weighted by atomic mass is 127. The van der Waals surface area contributed by atoms with Crippen LogP contribution < -0.4 is 16.0 Å². The van der Waals surface area contributed by atoms with Gasteiger partial charge in [-0.15, -0.1) is 24.0 Å². The number of benzene rings is 2. The molecule has 0 radical (unpaired) electrons. The van der Waals surface area contributed by atoms with Crippen LogP contribution in [0.3, 0.4) is 0 Å². The molecule has 0 aliphatic heterocycles. The summed E-state index contributed by atoms with van der Waals surface area (Å²) in [7, 11) is 3.45. The predicted octanol–water partition coefficient (Wildman–Crippen LogP) is 3.32. The molecule has 0 aromatic heterocycles. The number of hydrogen-bond donors (Lipinski definition) is 3. The minimum absolute atomic E-state index is 0. The lowest BCUT2D eigenvalue weighted by Crippen LogP contribution is -2.48. The van der Waals surface area contributed by atoms with Crippen LogP contribution in [0, 0.1) is 0 Å². The molecular weight excluding hydrogens is 513 g/mol. The first-order chi connectivity index (χ1) is 15.1. The molecule has 32 heavy (non-hydrogen) atoms. The number of amides is 1. The fourth-order valence-corrected chi connectivity index (χ4v) is 3.73. The number of aliphatic imine (C=N–C) groups is 1. The van der Waals surface area contributed by atoms with E-state index in [0.717, 1.165) is 50.5 Å². The Morgan fingerprint density at radius 3 is 2.31 bits per heavy atom. The molecule has 6 nitrogen and oxygen atoms in total. The average molecular weight is 552 g/mol. The summed E-state index contributed by atoms with van der Waals surface area (Å²) < 4.78 is 0. The van der Waals surface area contributed by atoms with Gasteiger partial charge < -0.3 is 16.0 Å². The van der Waals surface area contributed by atoms with Gasteiger partial charge >= 0.3 is 0 Å². The van der Waals surface area contributed by atoms with E-state index in [2.05, 4.69) is 70.0 Å². The van der Waals surface area contributed by atoms with Crippen molar-refractivity contribution in [3.05, 3.63) is 71.3 Å². The first-order valence-corrected chi connectivity index (χ1v) is 11.1. The van der Waals surface area contributed by atoms with Crippen molar-refractivity contribution in [3.8, 4) is 0 Å². The molecule has 0 heterocycles. The molecule has 2 aromatic rings. The first kappa shape index (κ1) is 27.9. The second kappa shape index (κ2) is 15.6. The Morgan fingerprint density at radius 2 is 1.69 bits per heavy atom. The first-order valence-electron chi connectivity index (χ1n) is 11.1. The molecule has 176 valence electrons. The number of guanidine groups is 1. The molecule has 0 spiro atoms. The molecule has 0 saturated carbocycles. The molecule has 0 fully saturated rings. The Labute approximate surface area is 210 Å². The Kier molecular flexibility index (Phi) is 13.6. The molecule has 0 aliphatic carbocycles. The largest absolute Gasteiger partial charge is 0.356 e. The lowest BCUT2D eigenvalue weighted by atomic mass is 10.0. The van der Waals surface area contributed by atoms with Crippen molar-refractivity contribution in [2.75, 3.05) is 40.3 Å². The molecule has 2 rings (SSSR count). The van der Waals surface area contributed by atoms with Gasteiger partial charge in [0.15, 0.2) is 5.96 Å². The maximum absolute atomic E-state index is 11.8. The van der Waals surface area contributed by atoms with E-state index in [1.54, 1.807) is 14.1 Å². The van der Waals surface area contributed by atoms with E-state index in [1.807, 2.05) is 24.3 Å². The van der Waals surface area contributed by atoms with Gasteiger partial charge in [-0.2, -0.15) is 0 Å². The number of hydrogen-bond acceptors (Lipinski definition) is 3. The lowest BCUT2D eigenvalue weighted by molar-refractivity contribution is 0.0963. The number of carbonyl (C=O) groups excluding carboxylic acids is 1. The molecule has 1 amide bonds. The van der Waals surface area contributed by atoms with E-state index in [0.29, 0.717) is 11.6 Å². The van der Waals surface area contributed by atoms with Crippen LogP contribution in [0.2, 0.25) is 0 Å². The van der Waals surface area contributed by atoms with Crippen LogP contribution in [0.25, 0.3) is 0 Å². The second-order valence-corrected chi connectivity index (χ2v) is 7.47. The van der Waals surface area contributed by atoms with Crippen molar-refractivity contribution < 1.29 is 4.79 Å². The van der Waals surface area contributed by atoms with Crippen molar-refractivity contribution in [1.82, 2.24) is 20.9 Å². The summed E-state index contributed by atoms with van der Waals surface area (Å²) in [4.78, 5) is 18.7. The van der Waals surface area contributed by atoms with E-state index in [9.17, 15) is 4.79 Å². The van der Waals surface area contributed by atoms with E-state index in [-0.39, 0.29) is 29.9 Å². The standard InChI is InChI=1S/C25H37N5O.HI/c1-5-30(6-2)23(18-20-11-8-7-9-12-20)19-29-25(27-4)28-16-15-21-13-10-14-22(17-21)24(31)26-3;/h7-14,17,23H,5-6,15-16,18-19H2,1-4H3,(H,26,31)(H2,27,28,29);1H. The molecule has 2 aromatic carbocycles. The minimum atomic E-state index is -0.0619. The summed E-state index contributed by atoms with van der Waals surface area (Å²) >= 11 is 0. The fourth-order valence-electron chi connectivity index (χ4n) is 3.73. The van der Waals surface area contributed by atoms with Crippen LogP contribution in [0.5, 0.6) is 0 Å². The number of nitrogens with one attached hydrogen (secondary N) is 3. The van der Waals surface area contributed by atoms with E-state index < -0.39 is 0 Å². The van der Waals surface area contributed by atoms with Crippen molar-refractivity contribution in [2.24, 2.45) is 4.99 Å². The SMILES string of the molecule is CCN(CC)C(CNC(=NC)NCCc1cccc(C(=O)NC)c1)Cc1ccccc1.I. The maximum atomic E-state index is 11.8. The van der Waals surface area contributed by atoms with Gasteiger partial charge in [-0.05, 0) is 49.2 Å². The highest BCUT2D eigenvalue weighted by Gasteiger charge is 2.17. The quantitative estimate of drug-likeness (QED) is 0.228. The van der Waals surface area contributed by atoms with Crippen LogP contribution in [0.15, 0.2) is 59.6 Å². The summed E-state index contributed by atoms with van der Waals surface area (Å²) in [6.07, 6.45) is 1.81. The predicted molar refractivity (Wildman–Crippen MR) is 145 cm³/mol. The molecule has 0 aliphatic rings. The van der Waals surface area contributed by atoms with E-state index >= 15 is 0 Å². The van der Waals surface area contributed by atoms with Crippen molar-refractivity contribution in [3.63, 3.8) is 0 Å². The van der Waals surface area contributed by atoms with E-state index in [1.165, 1.54) is 5.56 Å². The van der Waals surface area contributed by atoms with Gasteiger partial charge in [-0.3, -0.25) is 14.7 Å². The van der Waals surface area contributed by atoms with Crippen LogP contribution in [-0.4, -0.2) is 63.1 Å². The topological polar surface area (TPSA) is 68.8 Å². The molecule has 0 bridgehead atoms. The number of carbonyl (C=O) groups is 1. The zero-order valence-electron chi connectivity index (χ0n) is 19.7. The lowest BCUT2D eigenvalue weighted by Gasteiger charge is -2.30. The van der Waals surface area contributed by atoms with Gasteiger partial charge in [0.05, 0.1) is 0 Å². The number of halogens is 1. The number of likely N-dealkylation sites (N-methyl/N-ethyl adjacent to an activating group) is 1. The van der Waals surface area contributed by atoms with Gasteiger partial charge in [-0.1, -0.05) is 56.3 Å². The molecule has 1 atom stereocenters. The average Bonchev–Trinajstić information content (AvgIpc) is 2.82. The highest BCUT2D eigenvalue weighted by Crippen LogP contribution is 2.09. The summed E-state index contributed by atoms with van der Waals surface area (Å²) in [5.74, 6) is 0.737. The second-order valence-electron chi connectivity index (χ2n) is 7.47. The van der Waals surface area contributed by atoms with Crippen LogP contribution >= 0.6 is 24.0 Å². The number of nitrogens with zero attached hydrogens (tertiary/aromatic N) is 2. The van der Waals surface area contributed by atoms with Crippen LogP contribution in [0.1, 0.15) is 35.3 Å². The molecular formula is C25H38IN5O. The Bertz CT molecular complexity index is 824. The van der Waals surface area contributed by atoms with Gasteiger partial charge in [0.25, 0.3) is 5.91 Å². The monoisotopic (exact) mass is 551 g/mol. The summed E-state index contributed by atoms with van der Waals surface area (Å²) in [6, 6.07) is 18.8. The Hall–Kier alpha value is -2.13. The van der Waals surface area contributed by atoms with Crippen LogP contribution in [-0.2, 0) is 12.8 Å². The molecule has 1 unspecified atom stereocenters. The minimum Gasteiger partial charge on any atom is -0.356 e. The molecule has 3 N–H and O–H groups in total. The van der Waals surface area contributed by atoms with Crippen molar-refractivity contribution >= 4 is 35.8 Å².